The number of carbonyl (C=O) groups excluding carboxylic acids is 2. The van der Waals surface area contributed by atoms with Crippen molar-refractivity contribution in [2.45, 2.75) is 13.8 Å². The summed E-state index contributed by atoms with van der Waals surface area (Å²) in [6.07, 6.45) is 0. The molecule has 0 bridgehead atoms. The summed E-state index contributed by atoms with van der Waals surface area (Å²) < 4.78 is 20.9. The average molecular weight is 611 g/mol. The summed E-state index contributed by atoms with van der Waals surface area (Å²) in [5.41, 5.74) is 2.33. The lowest BCUT2D eigenvalue weighted by molar-refractivity contribution is 0.0513. The molecule has 0 unspecified atom stereocenters. The number of fused-ring (bicyclic) bond motifs is 6. The Kier molecular flexibility index (Phi) is 6.14. The van der Waals surface area contributed by atoms with Gasteiger partial charge in [-0.3, -0.25) is 0 Å². The van der Waals surface area contributed by atoms with Crippen LogP contribution in [0.5, 0.6) is 0 Å². The van der Waals surface area contributed by atoms with Crippen molar-refractivity contribution in [1.82, 2.24) is 0 Å². The molecule has 0 N–H and O–H groups in total. The first-order chi connectivity index (χ1) is 18.6. The minimum atomic E-state index is -0.392. The Morgan fingerprint density at radius 3 is 1.47 bits per heavy atom. The summed E-state index contributed by atoms with van der Waals surface area (Å²) in [5, 5.41) is 4.21. The minimum absolute atomic E-state index is 0.272. The maximum atomic E-state index is 13.3. The summed E-state index contributed by atoms with van der Waals surface area (Å²) in [4.78, 5) is 28.5. The van der Waals surface area contributed by atoms with Gasteiger partial charge in [0.05, 0.1) is 43.1 Å². The molecule has 6 heterocycles. The largest absolute Gasteiger partial charge is 0.462 e. The third kappa shape index (κ3) is 3.85. The van der Waals surface area contributed by atoms with E-state index in [1.54, 1.807) is 81.9 Å². The zero-order valence-electron chi connectivity index (χ0n) is 20.1. The Balaban J connectivity index is 1.46. The van der Waals surface area contributed by atoms with Crippen molar-refractivity contribution in [2.75, 3.05) is 13.2 Å². The van der Waals surface area contributed by atoms with Crippen molar-refractivity contribution in [2.24, 2.45) is 0 Å². The van der Waals surface area contributed by atoms with Gasteiger partial charge in [0.1, 0.15) is 0 Å². The SMILES string of the molecule is CCOC(=O)c1cc(-c2cc3sc4ccsc4c3s2)c(C(=O)OCC)cc1-c1cc2sc3ccsc3c2s1. The van der Waals surface area contributed by atoms with E-state index in [0.717, 1.165) is 9.75 Å². The number of hydrogen-bond acceptors (Lipinski definition) is 10. The molecule has 0 spiro atoms. The van der Waals surface area contributed by atoms with Gasteiger partial charge >= 0.3 is 11.9 Å². The lowest BCUT2D eigenvalue weighted by Crippen LogP contribution is -2.11. The highest BCUT2D eigenvalue weighted by Crippen LogP contribution is 2.48. The Bertz CT molecular complexity index is 1860. The molecule has 10 heteroatoms. The van der Waals surface area contributed by atoms with Crippen molar-refractivity contribution in [1.29, 1.82) is 0 Å². The van der Waals surface area contributed by atoms with Crippen molar-refractivity contribution in [3.05, 3.63) is 58.3 Å². The van der Waals surface area contributed by atoms with Gasteiger partial charge in [0.25, 0.3) is 0 Å². The maximum Gasteiger partial charge on any atom is 0.338 e. The topological polar surface area (TPSA) is 52.6 Å². The van der Waals surface area contributed by atoms with Gasteiger partial charge in [-0.05, 0) is 61.0 Å². The van der Waals surface area contributed by atoms with Crippen LogP contribution in [0.15, 0.2) is 47.2 Å². The van der Waals surface area contributed by atoms with Crippen LogP contribution >= 0.6 is 68.0 Å². The summed E-state index contributed by atoms with van der Waals surface area (Å²) in [5.74, 6) is -0.785. The molecule has 0 radical (unpaired) electrons. The third-order valence-electron chi connectivity index (χ3n) is 6.19. The molecule has 38 heavy (non-hydrogen) atoms. The molecule has 4 nitrogen and oxygen atoms in total. The van der Waals surface area contributed by atoms with E-state index in [0.29, 0.717) is 22.3 Å². The molecule has 0 saturated carbocycles. The number of carbonyl (C=O) groups is 2. The molecule has 6 aromatic heterocycles. The second kappa shape index (κ2) is 9.55. The highest BCUT2D eigenvalue weighted by molar-refractivity contribution is 7.39. The molecule has 0 aliphatic heterocycles. The Labute approximate surface area is 241 Å². The Hall–Kier alpha value is -2.60. The fourth-order valence-corrected chi connectivity index (χ4v) is 12.2. The Morgan fingerprint density at radius 1 is 0.605 bits per heavy atom. The standard InChI is InChI=1S/C28H18O4S6/c1-3-31-27(29)15-9-14(20-12-22-26(38-20)24-18(36-22)6-8-34-24)16(28(30)32-4-2)10-13(15)19-11-21-25(37-19)23-17(35-21)5-7-33-23/h5-12H,3-4H2,1-2H3. The smallest absolute Gasteiger partial charge is 0.338 e. The zero-order valence-corrected chi connectivity index (χ0v) is 25.0. The summed E-state index contributed by atoms with van der Waals surface area (Å²) in [7, 11) is 0. The molecule has 0 aliphatic rings. The van der Waals surface area contributed by atoms with Gasteiger partial charge in [-0.1, -0.05) is 0 Å². The normalized spacial score (nSPS) is 11.8. The van der Waals surface area contributed by atoms with Crippen LogP contribution in [-0.4, -0.2) is 25.2 Å². The number of thiophene rings is 6. The molecule has 7 rings (SSSR count). The van der Waals surface area contributed by atoms with Crippen LogP contribution in [0, 0.1) is 0 Å². The van der Waals surface area contributed by atoms with Crippen LogP contribution in [0.3, 0.4) is 0 Å². The summed E-state index contributed by atoms with van der Waals surface area (Å²) in [6, 6.07) is 12.2. The van der Waals surface area contributed by atoms with Gasteiger partial charge in [-0.2, -0.15) is 0 Å². The maximum absolute atomic E-state index is 13.3. The second-order valence-corrected chi connectivity index (χ2v) is 14.5. The average Bonchev–Trinajstić information content (AvgIpc) is 3.71. The number of rotatable bonds is 6. The fraction of sp³-hybridized carbons (Fsp3) is 0.143. The van der Waals surface area contributed by atoms with Gasteiger partial charge in [-0.25, -0.2) is 9.59 Å². The van der Waals surface area contributed by atoms with E-state index in [4.69, 9.17) is 9.47 Å². The molecule has 0 atom stereocenters. The number of ether oxygens (including phenoxy) is 2. The number of esters is 2. The quantitative estimate of drug-likeness (QED) is 0.176. The van der Waals surface area contributed by atoms with Crippen LogP contribution in [0.4, 0.5) is 0 Å². The predicted octanol–water partition coefficient (Wildman–Crippen LogP) is 10.4. The van der Waals surface area contributed by atoms with Crippen LogP contribution in [0.2, 0.25) is 0 Å². The predicted molar refractivity (Wildman–Crippen MR) is 167 cm³/mol. The van der Waals surface area contributed by atoms with E-state index in [2.05, 4.69) is 35.0 Å². The number of hydrogen-bond donors (Lipinski definition) is 0. The van der Waals surface area contributed by atoms with Crippen LogP contribution in [0.25, 0.3) is 58.5 Å². The van der Waals surface area contributed by atoms with Gasteiger partial charge in [0.15, 0.2) is 0 Å². The highest BCUT2D eigenvalue weighted by atomic mass is 32.1. The van der Waals surface area contributed by atoms with Gasteiger partial charge in [0, 0.05) is 39.7 Å². The molecule has 0 amide bonds. The summed E-state index contributed by atoms with van der Waals surface area (Å²) >= 11 is 10.3. The van der Waals surface area contributed by atoms with E-state index in [1.807, 2.05) is 12.1 Å². The fourth-order valence-electron chi connectivity index (χ4n) is 4.57. The first-order valence-electron chi connectivity index (χ1n) is 11.9. The van der Waals surface area contributed by atoms with E-state index < -0.39 is 11.9 Å². The lowest BCUT2D eigenvalue weighted by atomic mass is 9.96. The highest BCUT2D eigenvalue weighted by Gasteiger charge is 2.26. The van der Waals surface area contributed by atoms with E-state index in [1.165, 1.54) is 37.6 Å². The van der Waals surface area contributed by atoms with E-state index >= 15 is 0 Å². The number of benzene rings is 1. The third-order valence-corrected chi connectivity index (χ3v) is 13.4. The first-order valence-corrected chi connectivity index (χ1v) is 16.9. The van der Waals surface area contributed by atoms with E-state index in [9.17, 15) is 9.59 Å². The van der Waals surface area contributed by atoms with Gasteiger partial charge < -0.3 is 9.47 Å². The van der Waals surface area contributed by atoms with Crippen LogP contribution < -0.4 is 0 Å². The zero-order chi connectivity index (χ0) is 26.0. The minimum Gasteiger partial charge on any atom is -0.462 e. The van der Waals surface area contributed by atoms with Gasteiger partial charge in [0.2, 0.25) is 0 Å². The first kappa shape index (κ1) is 24.4. The molecule has 0 fully saturated rings. The van der Waals surface area contributed by atoms with Crippen molar-refractivity contribution >= 4 is 118 Å². The van der Waals surface area contributed by atoms with Crippen molar-refractivity contribution in [3.63, 3.8) is 0 Å². The van der Waals surface area contributed by atoms with Crippen LogP contribution in [0.1, 0.15) is 34.6 Å². The summed E-state index contributed by atoms with van der Waals surface area (Å²) in [6.45, 7) is 4.15. The molecule has 0 saturated heterocycles. The molecule has 1 aromatic carbocycles. The monoisotopic (exact) mass is 610 g/mol. The van der Waals surface area contributed by atoms with Crippen molar-refractivity contribution < 1.29 is 19.1 Å². The van der Waals surface area contributed by atoms with Crippen LogP contribution in [-0.2, 0) is 9.47 Å². The molecule has 7 aromatic rings. The van der Waals surface area contributed by atoms with E-state index in [-0.39, 0.29) is 13.2 Å². The van der Waals surface area contributed by atoms with Gasteiger partial charge in [-0.15, -0.1) is 68.0 Å². The lowest BCUT2D eigenvalue weighted by Gasteiger charge is -2.14. The molecular weight excluding hydrogens is 593 g/mol. The second-order valence-electron chi connectivity index (χ2n) is 8.42. The van der Waals surface area contributed by atoms with Crippen molar-refractivity contribution in [3.8, 4) is 20.9 Å². The molecular formula is C28H18O4S6. The molecule has 0 aliphatic carbocycles. The molecule has 190 valence electrons. The Morgan fingerprint density at radius 2 is 1.05 bits per heavy atom.